The SMILES string of the molecule is Cc1ccc(-n2ncc([C@H](C)NC(=O)[C@@H](C)NC(=O)c3cccs3)c2C)cc1. The molecule has 0 aliphatic carbocycles. The van der Waals surface area contributed by atoms with Crippen molar-refractivity contribution in [1.29, 1.82) is 0 Å². The van der Waals surface area contributed by atoms with E-state index in [0.29, 0.717) is 4.88 Å². The minimum atomic E-state index is -0.635. The normalized spacial score (nSPS) is 13.0. The molecule has 3 aromatic rings. The lowest BCUT2D eigenvalue weighted by atomic mass is 10.1. The summed E-state index contributed by atoms with van der Waals surface area (Å²) in [6.07, 6.45) is 1.77. The molecule has 2 N–H and O–H groups in total. The molecule has 0 unspecified atom stereocenters. The van der Waals surface area contributed by atoms with Crippen LogP contribution in [0.3, 0.4) is 0 Å². The maximum atomic E-state index is 12.5. The molecule has 3 rings (SSSR count). The number of rotatable bonds is 6. The zero-order valence-electron chi connectivity index (χ0n) is 16.4. The number of amides is 2. The molecule has 0 radical (unpaired) electrons. The maximum absolute atomic E-state index is 12.5. The molecule has 2 heterocycles. The molecule has 2 amide bonds. The number of benzene rings is 1. The van der Waals surface area contributed by atoms with Crippen LogP contribution in [0.5, 0.6) is 0 Å². The molecule has 146 valence electrons. The van der Waals surface area contributed by atoms with Gasteiger partial charge in [0.05, 0.1) is 22.8 Å². The van der Waals surface area contributed by atoms with Crippen LogP contribution in [-0.2, 0) is 4.79 Å². The Morgan fingerprint density at radius 3 is 2.43 bits per heavy atom. The van der Waals surface area contributed by atoms with Gasteiger partial charge in [-0.1, -0.05) is 23.8 Å². The van der Waals surface area contributed by atoms with Crippen LogP contribution in [0.4, 0.5) is 0 Å². The number of nitrogens with one attached hydrogen (secondary N) is 2. The second-order valence-corrected chi connectivity index (χ2v) is 7.78. The van der Waals surface area contributed by atoms with E-state index >= 15 is 0 Å². The predicted molar refractivity (Wildman–Crippen MR) is 111 cm³/mol. The molecule has 2 atom stereocenters. The van der Waals surface area contributed by atoms with Crippen molar-refractivity contribution >= 4 is 23.2 Å². The summed E-state index contributed by atoms with van der Waals surface area (Å²) < 4.78 is 1.86. The van der Waals surface area contributed by atoms with Crippen LogP contribution >= 0.6 is 11.3 Å². The zero-order chi connectivity index (χ0) is 20.3. The third-order valence-corrected chi connectivity index (χ3v) is 5.51. The Kier molecular flexibility index (Phi) is 5.94. The van der Waals surface area contributed by atoms with Crippen LogP contribution in [0.1, 0.15) is 46.4 Å². The van der Waals surface area contributed by atoms with Crippen LogP contribution in [0, 0.1) is 13.8 Å². The van der Waals surface area contributed by atoms with Crippen molar-refractivity contribution in [3.8, 4) is 5.69 Å². The number of hydrogen-bond acceptors (Lipinski definition) is 4. The second kappa shape index (κ2) is 8.39. The van der Waals surface area contributed by atoms with E-state index in [4.69, 9.17) is 0 Å². The van der Waals surface area contributed by atoms with Gasteiger partial charge in [0.1, 0.15) is 6.04 Å². The Morgan fingerprint density at radius 2 is 1.79 bits per heavy atom. The Labute approximate surface area is 168 Å². The molecule has 6 nitrogen and oxygen atoms in total. The zero-order valence-corrected chi connectivity index (χ0v) is 17.2. The number of nitrogens with zero attached hydrogens (tertiary/aromatic N) is 2. The van der Waals surface area contributed by atoms with E-state index in [1.54, 1.807) is 25.3 Å². The van der Waals surface area contributed by atoms with Gasteiger partial charge in [0.2, 0.25) is 5.91 Å². The smallest absolute Gasteiger partial charge is 0.261 e. The van der Waals surface area contributed by atoms with E-state index < -0.39 is 6.04 Å². The van der Waals surface area contributed by atoms with Gasteiger partial charge in [0.15, 0.2) is 0 Å². The van der Waals surface area contributed by atoms with Crippen molar-refractivity contribution in [2.24, 2.45) is 0 Å². The predicted octanol–water partition coefficient (Wildman–Crippen LogP) is 3.55. The van der Waals surface area contributed by atoms with Gasteiger partial charge in [-0.25, -0.2) is 4.68 Å². The van der Waals surface area contributed by atoms with Gasteiger partial charge in [-0.2, -0.15) is 5.10 Å². The van der Waals surface area contributed by atoms with Gasteiger partial charge < -0.3 is 10.6 Å². The number of aryl methyl sites for hydroxylation is 1. The van der Waals surface area contributed by atoms with Crippen LogP contribution in [-0.4, -0.2) is 27.6 Å². The van der Waals surface area contributed by atoms with Crippen molar-refractivity contribution < 1.29 is 9.59 Å². The Balaban J connectivity index is 1.65. The summed E-state index contributed by atoms with van der Waals surface area (Å²) in [6.45, 7) is 7.61. The highest BCUT2D eigenvalue weighted by molar-refractivity contribution is 7.12. The fraction of sp³-hybridized carbons (Fsp3) is 0.286. The minimum absolute atomic E-state index is 0.229. The third kappa shape index (κ3) is 4.31. The van der Waals surface area contributed by atoms with Crippen molar-refractivity contribution in [3.05, 3.63) is 69.7 Å². The number of aromatic nitrogens is 2. The fourth-order valence-electron chi connectivity index (χ4n) is 2.95. The van der Waals surface area contributed by atoms with Crippen molar-refractivity contribution in [2.45, 2.75) is 39.8 Å². The van der Waals surface area contributed by atoms with E-state index in [2.05, 4.69) is 15.7 Å². The maximum Gasteiger partial charge on any atom is 0.261 e. The Morgan fingerprint density at radius 1 is 1.07 bits per heavy atom. The molecule has 0 saturated carbocycles. The summed E-state index contributed by atoms with van der Waals surface area (Å²) >= 11 is 1.34. The summed E-state index contributed by atoms with van der Waals surface area (Å²) in [6, 6.07) is 10.8. The van der Waals surface area contributed by atoms with Crippen molar-refractivity contribution in [3.63, 3.8) is 0 Å². The van der Waals surface area contributed by atoms with Crippen LogP contribution in [0.2, 0.25) is 0 Å². The molecule has 0 aliphatic heterocycles. The van der Waals surface area contributed by atoms with E-state index in [0.717, 1.165) is 16.9 Å². The molecular formula is C21H24N4O2S. The van der Waals surface area contributed by atoms with Crippen molar-refractivity contribution in [1.82, 2.24) is 20.4 Å². The van der Waals surface area contributed by atoms with Gasteiger partial charge in [0, 0.05) is 11.3 Å². The standard InChI is InChI=1S/C21H24N4O2S/c1-13-7-9-17(10-8-13)25-16(4)18(12-22-25)14(2)23-20(26)15(3)24-21(27)19-6-5-11-28-19/h5-12,14-15H,1-4H3,(H,23,26)(H,24,27)/t14-,15+/m0/s1. The molecular weight excluding hydrogens is 372 g/mol. The largest absolute Gasteiger partial charge is 0.348 e. The van der Waals surface area contributed by atoms with E-state index in [1.807, 2.05) is 55.1 Å². The minimum Gasteiger partial charge on any atom is -0.348 e. The summed E-state index contributed by atoms with van der Waals surface area (Å²) in [5.74, 6) is -0.478. The molecule has 7 heteroatoms. The van der Waals surface area contributed by atoms with E-state index in [-0.39, 0.29) is 17.9 Å². The van der Waals surface area contributed by atoms with E-state index in [1.165, 1.54) is 16.9 Å². The highest BCUT2D eigenvalue weighted by Crippen LogP contribution is 2.20. The molecule has 0 spiro atoms. The summed E-state index contributed by atoms with van der Waals surface area (Å²) in [5.41, 5.74) is 4.06. The second-order valence-electron chi connectivity index (χ2n) is 6.84. The lowest BCUT2D eigenvalue weighted by Crippen LogP contribution is -2.45. The van der Waals surface area contributed by atoms with Crippen LogP contribution < -0.4 is 10.6 Å². The van der Waals surface area contributed by atoms with Gasteiger partial charge in [-0.15, -0.1) is 11.3 Å². The first-order valence-corrected chi connectivity index (χ1v) is 10.0. The fourth-order valence-corrected chi connectivity index (χ4v) is 3.58. The summed E-state index contributed by atoms with van der Waals surface area (Å²) in [5, 5.41) is 12.0. The molecule has 2 aromatic heterocycles. The molecule has 28 heavy (non-hydrogen) atoms. The molecule has 0 bridgehead atoms. The average molecular weight is 397 g/mol. The van der Waals surface area contributed by atoms with Gasteiger partial charge in [0.25, 0.3) is 5.91 Å². The highest BCUT2D eigenvalue weighted by atomic mass is 32.1. The topological polar surface area (TPSA) is 76.0 Å². The highest BCUT2D eigenvalue weighted by Gasteiger charge is 2.21. The van der Waals surface area contributed by atoms with Crippen LogP contribution in [0.25, 0.3) is 5.69 Å². The van der Waals surface area contributed by atoms with E-state index in [9.17, 15) is 9.59 Å². The number of carbonyl (C=O) groups excluding carboxylic acids is 2. The first-order valence-electron chi connectivity index (χ1n) is 9.13. The number of carbonyl (C=O) groups is 2. The first kappa shape index (κ1) is 19.8. The molecule has 0 fully saturated rings. The monoisotopic (exact) mass is 396 g/mol. The molecule has 1 aromatic carbocycles. The lowest BCUT2D eigenvalue weighted by Gasteiger charge is -2.18. The number of hydrogen-bond donors (Lipinski definition) is 2. The summed E-state index contributed by atoms with van der Waals surface area (Å²) in [4.78, 5) is 25.2. The quantitative estimate of drug-likeness (QED) is 0.669. The van der Waals surface area contributed by atoms with Gasteiger partial charge >= 0.3 is 0 Å². The lowest BCUT2D eigenvalue weighted by molar-refractivity contribution is -0.123. The molecule has 0 saturated heterocycles. The average Bonchev–Trinajstić information content (AvgIpc) is 3.32. The molecule has 0 aliphatic rings. The first-order chi connectivity index (χ1) is 13.4. The van der Waals surface area contributed by atoms with Gasteiger partial charge in [-0.05, 0) is 51.3 Å². The Bertz CT molecular complexity index is 961. The van der Waals surface area contributed by atoms with Crippen molar-refractivity contribution in [2.75, 3.05) is 0 Å². The summed E-state index contributed by atoms with van der Waals surface area (Å²) in [7, 11) is 0. The third-order valence-electron chi connectivity index (χ3n) is 4.64. The van der Waals surface area contributed by atoms with Gasteiger partial charge in [-0.3, -0.25) is 9.59 Å². The number of thiophene rings is 1. The Hall–Kier alpha value is -2.93. The van der Waals surface area contributed by atoms with Crippen LogP contribution in [0.15, 0.2) is 48.0 Å².